The second-order valence-corrected chi connectivity index (χ2v) is 8.01. The smallest absolute Gasteiger partial charge is 0.173 e. The van der Waals surface area contributed by atoms with Gasteiger partial charge in [-0.1, -0.05) is 19.1 Å². The van der Waals surface area contributed by atoms with E-state index in [1.165, 1.54) is 18.4 Å². The highest BCUT2D eigenvalue weighted by Crippen LogP contribution is 2.33. The second kappa shape index (κ2) is 7.12. The van der Waals surface area contributed by atoms with E-state index in [4.69, 9.17) is 4.74 Å². The summed E-state index contributed by atoms with van der Waals surface area (Å²) >= 11 is 0. The number of methoxy groups -OCH3 is 1. The van der Waals surface area contributed by atoms with Gasteiger partial charge in [0, 0.05) is 0 Å². The molecule has 0 saturated carbocycles. The highest BCUT2D eigenvalue weighted by molar-refractivity contribution is 5.32. The lowest BCUT2D eigenvalue weighted by atomic mass is 9.95. The van der Waals surface area contributed by atoms with E-state index < -0.39 is 0 Å². The zero-order valence-corrected chi connectivity index (χ0v) is 15.9. The van der Waals surface area contributed by atoms with Crippen molar-refractivity contribution in [3.05, 3.63) is 35.7 Å². The molecule has 6 nitrogen and oxygen atoms in total. The molecule has 6 heteroatoms. The van der Waals surface area contributed by atoms with Crippen LogP contribution < -0.4 is 4.74 Å². The Balaban J connectivity index is 2.01. The van der Waals surface area contributed by atoms with Crippen LogP contribution in [0, 0.1) is 5.92 Å². The van der Waals surface area contributed by atoms with Gasteiger partial charge in [0.15, 0.2) is 5.82 Å². The number of hydrogen-bond donors (Lipinski definition) is 0. The maximum absolute atomic E-state index is 5.32. The Hall–Kier alpha value is -1.95. The average molecular weight is 343 g/mol. The van der Waals surface area contributed by atoms with Crippen molar-refractivity contribution < 1.29 is 4.74 Å². The van der Waals surface area contributed by atoms with Gasteiger partial charge in [-0.15, -0.1) is 5.10 Å². The Bertz CT molecular complexity index is 681. The van der Waals surface area contributed by atoms with Crippen LogP contribution >= 0.6 is 0 Å². The lowest BCUT2D eigenvalue weighted by Crippen LogP contribution is -2.39. The summed E-state index contributed by atoms with van der Waals surface area (Å²) in [6.45, 7) is 10.9. The lowest BCUT2D eigenvalue weighted by Gasteiger charge is -2.37. The van der Waals surface area contributed by atoms with E-state index in [2.05, 4.69) is 60.3 Å². The maximum Gasteiger partial charge on any atom is 0.173 e. The minimum Gasteiger partial charge on any atom is -0.497 e. The number of piperidine rings is 1. The third-order valence-electron chi connectivity index (χ3n) is 4.99. The van der Waals surface area contributed by atoms with Crippen LogP contribution in [-0.4, -0.2) is 45.3 Å². The first-order valence-corrected chi connectivity index (χ1v) is 9.07. The van der Waals surface area contributed by atoms with Crippen LogP contribution in [0.3, 0.4) is 0 Å². The van der Waals surface area contributed by atoms with E-state index in [0.717, 1.165) is 30.6 Å². The van der Waals surface area contributed by atoms with E-state index in [0.29, 0.717) is 0 Å². The summed E-state index contributed by atoms with van der Waals surface area (Å²) in [6, 6.07) is 8.35. The number of likely N-dealkylation sites (tertiary alicyclic amines) is 1. The summed E-state index contributed by atoms with van der Waals surface area (Å²) in [5.74, 6) is 2.56. The largest absolute Gasteiger partial charge is 0.497 e. The Kier molecular flexibility index (Phi) is 5.08. The summed E-state index contributed by atoms with van der Waals surface area (Å²) < 4.78 is 7.28. The first-order chi connectivity index (χ1) is 11.9. The van der Waals surface area contributed by atoms with Gasteiger partial charge in [0.2, 0.25) is 0 Å². The van der Waals surface area contributed by atoms with E-state index in [1.807, 2.05) is 16.8 Å². The summed E-state index contributed by atoms with van der Waals surface area (Å²) in [5, 5.41) is 12.7. The van der Waals surface area contributed by atoms with Crippen LogP contribution in [0.4, 0.5) is 0 Å². The Labute approximate surface area is 150 Å². The van der Waals surface area contributed by atoms with Gasteiger partial charge in [-0.05, 0) is 80.7 Å². The fourth-order valence-corrected chi connectivity index (χ4v) is 3.44. The van der Waals surface area contributed by atoms with Crippen molar-refractivity contribution in [3.8, 4) is 5.75 Å². The molecule has 1 fully saturated rings. The van der Waals surface area contributed by atoms with Crippen molar-refractivity contribution in [1.82, 2.24) is 25.1 Å². The van der Waals surface area contributed by atoms with E-state index in [1.54, 1.807) is 7.11 Å². The molecule has 0 amide bonds. The zero-order chi connectivity index (χ0) is 18.0. The molecule has 1 atom stereocenters. The molecule has 0 N–H and O–H groups in total. The molecule has 0 radical (unpaired) electrons. The predicted molar refractivity (Wildman–Crippen MR) is 97.6 cm³/mol. The molecule has 0 aliphatic carbocycles. The van der Waals surface area contributed by atoms with E-state index in [-0.39, 0.29) is 11.6 Å². The Morgan fingerprint density at radius 2 is 1.76 bits per heavy atom. The van der Waals surface area contributed by atoms with Crippen LogP contribution in [-0.2, 0) is 5.54 Å². The van der Waals surface area contributed by atoms with Crippen LogP contribution in [0.5, 0.6) is 5.75 Å². The molecule has 1 aliphatic rings. The van der Waals surface area contributed by atoms with Gasteiger partial charge in [0.25, 0.3) is 0 Å². The van der Waals surface area contributed by atoms with Gasteiger partial charge >= 0.3 is 0 Å². The summed E-state index contributed by atoms with van der Waals surface area (Å²) in [5.41, 5.74) is 1.04. The minimum absolute atomic E-state index is 0.0626. The maximum atomic E-state index is 5.32. The zero-order valence-electron chi connectivity index (χ0n) is 15.9. The fourth-order valence-electron chi connectivity index (χ4n) is 3.44. The summed E-state index contributed by atoms with van der Waals surface area (Å²) in [7, 11) is 1.69. The average Bonchev–Trinajstić information content (AvgIpc) is 3.07. The molecule has 3 rings (SSSR count). The predicted octanol–water partition coefficient (Wildman–Crippen LogP) is 3.26. The van der Waals surface area contributed by atoms with Crippen LogP contribution in [0.1, 0.15) is 58.0 Å². The second-order valence-electron chi connectivity index (χ2n) is 8.01. The molecule has 1 unspecified atom stereocenters. The number of hydrogen-bond acceptors (Lipinski definition) is 5. The van der Waals surface area contributed by atoms with Crippen molar-refractivity contribution in [2.24, 2.45) is 5.92 Å². The monoisotopic (exact) mass is 343 g/mol. The highest BCUT2D eigenvalue weighted by Gasteiger charge is 2.32. The van der Waals surface area contributed by atoms with Crippen molar-refractivity contribution in [2.75, 3.05) is 20.2 Å². The fraction of sp³-hybridized carbons (Fsp3) is 0.632. The van der Waals surface area contributed by atoms with Crippen molar-refractivity contribution >= 4 is 0 Å². The number of ether oxygens (including phenoxy) is 1. The molecule has 2 heterocycles. The van der Waals surface area contributed by atoms with Crippen molar-refractivity contribution in [2.45, 2.75) is 52.1 Å². The molecule has 136 valence electrons. The SMILES string of the molecule is COc1ccc(C(c2nnnn2C(C)(C)C)N2CCC(C)CC2)cc1. The molecule has 1 aromatic heterocycles. The lowest BCUT2D eigenvalue weighted by molar-refractivity contribution is 0.145. The number of rotatable bonds is 4. The molecule has 1 aliphatic heterocycles. The van der Waals surface area contributed by atoms with Crippen molar-refractivity contribution in [3.63, 3.8) is 0 Å². The van der Waals surface area contributed by atoms with Gasteiger partial charge < -0.3 is 4.74 Å². The third kappa shape index (κ3) is 3.84. The van der Waals surface area contributed by atoms with Crippen LogP contribution in [0.15, 0.2) is 24.3 Å². The standard InChI is InChI=1S/C19H29N5O/c1-14-10-12-23(13-11-14)17(15-6-8-16(25-5)9-7-15)18-20-21-22-24(18)19(2,3)4/h6-9,14,17H,10-13H2,1-5H3. The van der Waals surface area contributed by atoms with Crippen LogP contribution in [0.25, 0.3) is 0 Å². The van der Waals surface area contributed by atoms with Gasteiger partial charge in [0.1, 0.15) is 5.75 Å². The highest BCUT2D eigenvalue weighted by atomic mass is 16.5. The van der Waals surface area contributed by atoms with E-state index in [9.17, 15) is 0 Å². The van der Waals surface area contributed by atoms with E-state index >= 15 is 0 Å². The van der Waals surface area contributed by atoms with Gasteiger partial charge in [-0.2, -0.15) is 0 Å². The Morgan fingerprint density at radius 1 is 1.12 bits per heavy atom. The molecule has 0 spiro atoms. The quantitative estimate of drug-likeness (QED) is 0.853. The molecule has 1 aromatic carbocycles. The van der Waals surface area contributed by atoms with Crippen molar-refractivity contribution in [1.29, 1.82) is 0 Å². The first-order valence-electron chi connectivity index (χ1n) is 9.07. The normalized spacial score (nSPS) is 18.3. The number of aromatic nitrogens is 4. The summed E-state index contributed by atoms with van der Waals surface area (Å²) in [6.07, 6.45) is 2.42. The molecule has 0 bridgehead atoms. The van der Waals surface area contributed by atoms with Gasteiger partial charge in [0.05, 0.1) is 18.7 Å². The molecule has 2 aromatic rings. The first kappa shape index (κ1) is 17.9. The molecule has 25 heavy (non-hydrogen) atoms. The van der Waals surface area contributed by atoms with Crippen LogP contribution in [0.2, 0.25) is 0 Å². The summed E-state index contributed by atoms with van der Waals surface area (Å²) in [4.78, 5) is 2.51. The minimum atomic E-state index is -0.160. The van der Waals surface area contributed by atoms with Gasteiger partial charge in [-0.25, -0.2) is 4.68 Å². The topological polar surface area (TPSA) is 56.1 Å². The molecular weight excluding hydrogens is 314 g/mol. The molecule has 1 saturated heterocycles. The van der Waals surface area contributed by atoms with Gasteiger partial charge in [-0.3, -0.25) is 4.90 Å². The third-order valence-corrected chi connectivity index (χ3v) is 4.99. The number of tetrazole rings is 1. The molecular formula is C19H29N5O. The number of nitrogens with zero attached hydrogens (tertiary/aromatic N) is 5. The Morgan fingerprint density at radius 3 is 2.32 bits per heavy atom. The number of benzene rings is 1.